The quantitative estimate of drug-likeness (QED) is 0.561. The zero-order valence-electron chi connectivity index (χ0n) is 6.71. The summed E-state index contributed by atoms with van der Waals surface area (Å²) in [7, 11) is 0. The standard InChI is InChI=1S/C7H14N2O2/c1-6(7(10)11)9-4-2-8-3-5-9/h6,8H,2-5H2,1H3,(H,10,11). The molecule has 1 unspecified atom stereocenters. The lowest BCUT2D eigenvalue weighted by atomic mass is 10.2. The Labute approximate surface area is 66.2 Å². The molecule has 1 fully saturated rings. The van der Waals surface area contributed by atoms with Crippen LogP contribution in [0.5, 0.6) is 0 Å². The molecule has 0 bridgehead atoms. The number of rotatable bonds is 2. The van der Waals surface area contributed by atoms with Crippen LogP contribution in [-0.4, -0.2) is 48.2 Å². The first-order valence-electron chi connectivity index (χ1n) is 3.89. The van der Waals surface area contributed by atoms with Gasteiger partial charge in [0.2, 0.25) is 0 Å². The summed E-state index contributed by atoms with van der Waals surface area (Å²) in [5.41, 5.74) is 0. The largest absolute Gasteiger partial charge is 0.480 e. The van der Waals surface area contributed by atoms with Gasteiger partial charge in [-0.05, 0) is 6.92 Å². The zero-order valence-corrected chi connectivity index (χ0v) is 6.71. The molecule has 0 aliphatic carbocycles. The van der Waals surface area contributed by atoms with E-state index in [2.05, 4.69) is 5.32 Å². The van der Waals surface area contributed by atoms with Crippen LogP contribution in [0.25, 0.3) is 0 Å². The molecule has 2 N–H and O–H groups in total. The van der Waals surface area contributed by atoms with Gasteiger partial charge in [0.1, 0.15) is 6.04 Å². The first kappa shape index (κ1) is 8.49. The van der Waals surface area contributed by atoms with Crippen molar-refractivity contribution >= 4 is 5.97 Å². The van der Waals surface area contributed by atoms with Gasteiger partial charge in [-0.15, -0.1) is 0 Å². The summed E-state index contributed by atoms with van der Waals surface area (Å²) in [4.78, 5) is 12.5. The molecule has 0 aromatic carbocycles. The fourth-order valence-electron chi connectivity index (χ4n) is 1.23. The minimum absolute atomic E-state index is 0.336. The summed E-state index contributed by atoms with van der Waals surface area (Å²) in [6.07, 6.45) is 0. The number of carboxylic acid groups (broad SMARTS) is 1. The van der Waals surface area contributed by atoms with Crippen molar-refractivity contribution in [2.75, 3.05) is 26.2 Å². The fraction of sp³-hybridized carbons (Fsp3) is 0.857. The Morgan fingerprint density at radius 2 is 2.09 bits per heavy atom. The highest BCUT2D eigenvalue weighted by molar-refractivity contribution is 5.72. The van der Waals surface area contributed by atoms with E-state index in [4.69, 9.17) is 5.11 Å². The number of nitrogens with zero attached hydrogens (tertiary/aromatic N) is 1. The molecule has 0 amide bonds. The molecule has 0 aromatic rings. The van der Waals surface area contributed by atoms with Gasteiger partial charge in [-0.1, -0.05) is 0 Å². The van der Waals surface area contributed by atoms with Crippen LogP contribution in [0.4, 0.5) is 0 Å². The number of nitrogens with one attached hydrogen (secondary N) is 1. The summed E-state index contributed by atoms with van der Waals surface area (Å²) < 4.78 is 0. The predicted octanol–water partition coefficient (Wildman–Crippen LogP) is -0.635. The van der Waals surface area contributed by atoms with Crippen LogP contribution in [0, 0.1) is 0 Å². The van der Waals surface area contributed by atoms with Crippen LogP contribution in [0.15, 0.2) is 0 Å². The maximum Gasteiger partial charge on any atom is 0.320 e. The van der Waals surface area contributed by atoms with E-state index in [0.717, 1.165) is 26.2 Å². The van der Waals surface area contributed by atoms with E-state index >= 15 is 0 Å². The van der Waals surface area contributed by atoms with Gasteiger partial charge < -0.3 is 10.4 Å². The van der Waals surface area contributed by atoms with E-state index < -0.39 is 5.97 Å². The van der Waals surface area contributed by atoms with Crippen molar-refractivity contribution in [1.82, 2.24) is 10.2 Å². The molecular weight excluding hydrogens is 144 g/mol. The Bertz CT molecular complexity index is 143. The number of carboxylic acids is 1. The third-order valence-electron chi connectivity index (χ3n) is 2.06. The zero-order chi connectivity index (χ0) is 8.27. The number of aliphatic carboxylic acids is 1. The monoisotopic (exact) mass is 158 g/mol. The minimum Gasteiger partial charge on any atom is -0.480 e. The van der Waals surface area contributed by atoms with Crippen molar-refractivity contribution in [3.63, 3.8) is 0 Å². The molecule has 1 rings (SSSR count). The first-order chi connectivity index (χ1) is 5.22. The highest BCUT2D eigenvalue weighted by Gasteiger charge is 2.21. The normalized spacial score (nSPS) is 23.0. The summed E-state index contributed by atoms with van der Waals surface area (Å²) >= 11 is 0. The molecule has 0 saturated carbocycles. The number of carbonyl (C=O) groups is 1. The van der Waals surface area contributed by atoms with E-state index in [1.54, 1.807) is 6.92 Å². The highest BCUT2D eigenvalue weighted by atomic mass is 16.4. The second-order valence-corrected chi connectivity index (χ2v) is 2.80. The molecule has 64 valence electrons. The van der Waals surface area contributed by atoms with Crippen molar-refractivity contribution in [1.29, 1.82) is 0 Å². The van der Waals surface area contributed by atoms with Crippen LogP contribution < -0.4 is 5.32 Å². The molecule has 1 atom stereocenters. The fourth-order valence-corrected chi connectivity index (χ4v) is 1.23. The van der Waals surface area contributed by atoms with Crippen molar-refractivity contribution in [2.45, 2.75) is 13.0 Å². The number of hydrogen-bond donors (Lipinski definition) is 2. The Morgan fingerprint density at radius 3 is 2.55 bits per heavy atom. The maximum atomic E-state index is 10.5. The minimum atomic E-state index is -0.730. The van der Waals surface area contributed by atoms with Gasteiger partial charge in [0.15, 0.2) is 0 Å². The smallest absolute Gasteiger partial charge is 0.320 e. The number of piperazine rings is 1. The Morgan fingerprint density at radius 1 is 1.55 bits per heavy atom. The molecule has 0 radical (unpaired) electrons. The van der Waals surface area contributed by atoms with Crippen molar-refractivity contribution in [2.24, 2.45) is 0 Å². The van der Waals surface area contributed by atoms with E-state index in [0.29, 0.717) is 0 Å². The maximum absolute atomic E-state index is 10.5. The topological polar surface area (TPSA) is 52.6 Å². The lowest BCUT2D eigenvalue weighted by molar-refractivity contribution is -0.142. The van der Waals surface area contributed by atoms with Gasteiger partial charge >= 0.3 is 5.97 Å². The lowest BCUT2D eigenvalue weighted by Crippen LogP contribution is -2.49. The van der Waals surface area contributed by atoms with Crippen molar-refractivity contribution in [3.05, 3.63) is 0 Å². The van der Waals surface area contributed by atoms with E-state index in [9.17, 15) is 4.79 Å². The average Bonchev–Trinajstić information content (AvgIpc) is 2.05. The van der Waals surface area contributed by atoms with Gasteiger partial charge in [-0.3, -0.25) is 9.69 Å². The Kier molecular flexibility index (Phi) is 2.84. The van der Waals surface area contributed by atoms with Crippen LogP contribution in [0.2, 0.25) is 0 Å². The Balaban J connectivity index is 2.38. The SMILES string of the molecule is CC(C(=O)O)N1CCNCC1. The highest BCUT2D eigenvalue weighted by Crippen LogP contribution is 1.99. The molecule has 11 heavy (non-hydrogen) atoms. The molecule has 0 spiro atoms. The summed E-state index contributed by atoms with van der Waals surface area (Å²) in [5.74, 6) is -0.730. The van der Waals surface area contributed by atoms with E-state index in [1.807, 2.05) is 4.90 Å². The van der Waals surface area contributed by atoms with Crippen LogP contribution in [0.3, 0.4) is 0 Å². The van der Waals surface area contributed by atoms with Gasteiger partial charge in [0.25, 0.3) is 0 Å². The molecule has 4 nitrogen and oxygen atoms in total. The third kappa shape index (κ3) is 2.17. The van der Waals surface area contributed by atoms with Gasteiger partial charge in [-0.25, -0.2) is 0 Å². The van der Waals surface area contributed by atoms with Crippen LogP contribution in [0.1, 0.15) is 6.92 Å². The van der Waals surface area contributed by atoms with Gasteiger partial charge in [-0.2, -0.15) is 0 Å². The molecule has 1 aliphatic rings. The summed E-state index contributed by atoms with van der Waals surface area (Å²) in [5, 5.41) is 11.8. The molecular formula is C7H14N2O2. The van der Waals surface area contributed by atoms with Crippen LogP contribution in [-0.2, 0) is 4.79 Å². The molecule has 1 saturated heterocycles. The Hall–Kier alpha value is -0.610. The first-order valence-corrected chi connectivity index (χ1v) is 3.89. The van der Waals surface area contributed by atoms with Crippen molar-refractivity contribution < 1.29 is 9.90 Å². The molecule has 1 heterocycles. The second kappa shape index (κ2) is 3.69. The number of hydrogen-bond acceptors (Lipinski definition) is 3. The predicted molar refractivity (Wildman–Crippen MR) is 41.5 cm³/mol. The second-order valence-electron chi connectivity index (χ2n) is 2.80. The lowest BCUT2D eigenvalue weighted by Gasteiger charge is -2.30. The third-order valence-corrected chi connectivity index (χ3v) is 2.06. The van der Waals surface area contributed by atoms with E-state index in [1.165, 1.54) is 0 Å². The summed E-state index contributed by atoms with van der Waals surface area (Å²) in [6, 6.07) is -0.336. The molecule has 1 aliphatic heterocycles. The summed E-state index contributed by atoms with van der Waals surface area (Å²) in [6.45, 7) is 5.21. The molecule has 4 heteroatoms. The van der Waals surface area contributed by atoms with Gasteiger partial charge in [0, 0.05) is 26.2 Å². The van der Waals surface area contributed by atoms with Crippen LogP contribution >= 0.6 is 0 Å². The van der Waals surface area contributed by atoms with Crippen molar-refractivity contribution in [3.8, 4) is 0 Å². The van der Waals surface area contributed by atoms with Gasteiger partial charge in [0.05, 0.1) is 0 Å². The average molecular weight is 158 g/mol. The van der Waals surface area contributed by atoms with E-state index in [-0.39, 0.29) is 6.04 Å². The molecule has 0 aromatic heterocycles.